The van der Waals surface area contributed by atoms with E-state index in [0.717, 1.165) is 0 Å². The highest BCUT2D eigenvalue weighted by molar-refractivity contribution is 6.33. The molecule has 2 aromatic rings. The lowest BCUT2D eigenvalue weighted by Gasteiger charge is -1.95. The predicted molar refractivity (Wildman–Crippen MR) is 49.6 cm³/mol. The van der Waals surface area contributed by atoms with Crippen molar-refractivity contribution in [2.24, 2.45) is 0 Å². The molecule has 4 nitrogen and oxygen atoms in total. The standard InChI is InChI=1S/C7H4Cl2N4/c8-4-2-1-3-10-5(4)6-11-7(9)13-12-6/h1-3H,(H,11,12,13). The molecule has 13 heavy (non-hydrogen) atoms. The second kappa shape index (κ2) is 3.32. The van der Waals surface area contributed by atoms with E-state index in [2.05, 4.69) is 20.2 Å². The first-order chi connectivity index (χ1) is 6.27. The zero-order chi connectivity index (χ0) is 9.26. The number of rotatable bonds is 1. The van der Waals surface area contributed by atoms with Crippen molar-refractivity contribution in [3.05, 3.63) is 28.6 Å². The van der Waals surface area contributed by atoms with Gasteiger partial charge in [-0.3, -0.25) is 4.98 Å². The topological polar surface area (TPSA) is 54.5 Å². The van der Waals surface area contributed by atoms with Crippen LogP contribution in [0, 0.1) is 0 Å². The van der Waals surface area contributed by atoms with Gasteiger partial charge in [-0.25, -0.2) is 5.10 Å². The van der Waals surface area contributed by atoms with Crippen molar-refractivity contribution < 1.29 is 0 Å². The van der Waals surface area contributed by atoms with Crippen molar-refractivity contribution in [3.63, 3.8) is 0 Å². The van der Waals surface area contributed by atoms with Gasteiger partial charge in [0.2, 0.25) is 11.1 Å². The Morgan fingerprint density at radius 3 is 2.77 bits per heavy atom. The van der Waals surface area contributed by atoms with E-state index >= 15 is 0 Å². The summed E-state index contributed by atoms with van der Waals surface area (Å²) in [5.74, 6) is 0.399. The fourth-order valence-electron chi connectivity index (χ4n) is 0.898. The normalized spacial score (nSPS) is 10.3. The van der Waals surface area contributed by atoms with Gasteiger partial charge in [0.25, 0.3) is 0 Å². The minimum Gasteiger partial charge on any atom is -0.251 e. The van der Waals surface area contributed by atoms with Crippen LogP contribution < -0.4 is 0 Å². The van der Waals surface area contributed by atoms with Gasteiger partial charge in [0.15, 0.2) is 0 Å². The van der Waals surface area contributed by atoms with Gasteiger partial charge >= 0.3 is 0 Å². The second-order valence-corrected chi connectivity index (χ2v) is 3.05. The quantitative estimate of drug-likeness (QED) is 0.792. The lowest BCUT2D eigenvalue weighted by molar-refractivity contribution is 1.09. The molecular formula is C7H4Cl2N4. The Morgan fingerprint density at radius 2 is 2.15 bits per heavy atom. The maximum atomic E-state index is 5.87. The number of pyridine rings is 1. The molecule has 0 aliphatic carbocycles. The van der Waals surface area contributed by atoms with Crippen LogP contribution >= 0.6 is 23.2 Å². The maximum absolute atomic E-state index is 5.87. The zero-order valence-corrected chi connectivity index (χ0v) is 7.84. The molecule has 66 valence electrons. The average Bonchev–Trinajstić information content (AvgIpc) is 2.53. The third-order valence-electron chi connectivity index (χ3n) is 1.43. The van der Waals surface area contributed by atoms with Crippen LogP contribution in [-0.4, -0.2) is 20.2 Å². The number of aromatic nitrogens is 4. The molecule has 2 rings (SSSR count). The molecule has 0 amide bonds. The van der Waals surface area contributed by atoms with Gasteiger partial charge < -0.3 is 0 Å². The van der Waals surface area contributed by atoms with Crippen LogP contribution in [0.1, 0.15) is 0 Å². The summed E-state index contributed by atoms with van der Waals surface area (Å²) in [7, 11) is 0. The second-order valence-electron chi connectivity index (χ2n) is 2.28. The first kappa shape index (κ1) is 8.47. The SMILES string of the molecule is Clc1nc(-c2ncccc2Cl)n[nH]1. The van der Waals surface area contributed by atoms with Crippen molar-refractivity contribution in [3.8, 4) is 11.5 Å². The Morgan fingerprint density at radius 1 is 1.31 bits per heavy atom. The number of hydrogen-bond donors (Lipinski definition) is 1. The van der Waals surface area contributed by atoms with E-state index in [1.54, 1.807) is 18.3 Å². The highest BCUT2D eigenvalue weighted by Gasteiger charge is 2.08. The predicted octanol–water partition coefficient (Wildman–Crippen LogP) is 2.17. The monoisotopic (exact) mass is 214 g/mol. The summed E-state index contributed by atoms with van der Waals surface area (Å²) in [4.78, 5) is 7.92. The van der Waals surface area contributed by atoms with E-state index in [1.165, 1.54) is 0 Å². The van der Waals surface area contributed by atoms with Crippen LogP contribution in [0.3, 0.4) is 0 Å². The number of aromatic amines is 1. The van der Waals surface area contributed by atoms with Gasteiger partial charge in [0, 0.05) is 6.20 Å². The van der Waals surface area contributed by atoms with Crippen LogP contribution in [-0.2, 0) is 0 Å². The molecule has 0 unspecified atom stereocenters. The number of nitrogens with one attached hydrogen (secondary N) is 1. The maximum Gasteiger partial charge on any atom is 0.218 e. The summed E-state index contributed by atoms with van der Waals surface area (Å²) in [5, 5.41) is 7.05. The van der Waals surface area contributed by atoms with Crippen LogP contribution in [0.5, 0.6) is 0 Å². The van der Waals surface area contributed by atoms with Gasteiger partial charge in [0.05, 0.1) is 5.02 Å². The van der Waals surface area contributed by atoms with Crippen LogP contribution in [0.2, 0.25) is 10.3 Å². The first-order valence-corrected chi connectivity index (χ1v) is 4.22. The summed E-state index contributed by atoms with van der Waals surface area (Å²) >= 11 is 11.4. The number of halogens is 2. The van der Waals surface area contributed by atoms with E-state index in [9.17, 15) is 0 Å². The van der Waals surface area contributed by atoms with Crippen LogP contribution in [0.15, 0.2) is 18.3 Å². The number of H-pyrrole nitrogens is 1. The Bertz CT molecular complexity index is 426. The van der Waals surface area contributed by atoms with Gasteiger partial charge in [-0.2, -0.15) is 10.1 Å². The van der Waals surface area contributed by atoms with Crippen molar-refractivity contribution in [2.75, 3.05) is 0 Å². The molecule has 2 aromatic heterocycles. The summed E-state index contributed by atoms with van der Waals surface area (Å²) < 4.78 is 0. The third kappa shape index (κ3) is 1.64. The van der Waals surface area contributed by atoms with Gasteiger partial charge in [-0.05, 0) is 23.7 Å². The summed E-state index contributed by atoms with van der Waals surface area (Å²) in [6.07, 6.45) is 1.62. The largest absolute Gasteiger partial charge is 0.251 e. The number of nitrogens with zero attached hydrogens (tertiary/aromatic N) is 3. The molecule has 0 radical (unpaired) electrons. The van der Waals surface area contributed by atoms with E-state index in [-0.39, 0.29) is 5.28 Å². The number of hydrogen-bond acceptors (Lipinski definition) is 3. The molecule has 0 aromatic carbocycles. The van der Waals surface area contributed by atoms with E-state index in [1.807, 2.05) is 0 Å². The fraction of sp³-hybridized carbons (Fsp3) is 0. The van der Waals surface area contributed by atoms with Crippen molar-refractivity contribution >= 4 is 23.2 Å². The molecule has 0 bridgehead atoms. The van der Waals surface area contributed by atoms with Gasteiger partial charge in [0.1, 0.15) is 5.69 Å². The summed E-state index contributed by atoms with van der Waals surface area (Å²) in [5.41, 5.74) is 0.521. The van der Waals surface area contributed by atoms with Gasteiger partial charge in [-0.15, -0.1) is 0 Å². The summed E-state index contributed by atoms with van der Waals surface area (Å²) in [6.45, 7) is 0. The highest BCUT2D eigenvalue weighted by Crippen LogP contribution is 2.21. The fourth-order valence-corrected chi connectivity index (χ4v) is 1.23. The van der Waals surface area contributed by atoms with Gasteiger partial charge in [-0.1, -0.05) is 11.6 Å². The Hall–Kier alpha value is -1.13. The molecule has 0 fully saturated rings. The minimum atomic E-state index is 0.219. The lowest BCUT2D eigenvalue weighted by Crippen LogP contribution is -1.85. The molecule has 0 aliphatic rings. The molecule has 0 saturated heterocycles. The Kier molecular flexibility index (Phi) is 2.16. The Labute approximate surface area is 83.9 Å². The molecular weight excluding hydrogens is 211 g/mol. The summed E-state index contributed by atoms with van der Waals surface area (Å²) in [6, 6.07) is 3.45. The average molecular weight is 215 g/mol. The Balaban J connectivity index is 2.52. The highest BCUT2D eigenvalue weighted by atomic mass is 35.5. The lowest BCUT2D eigenvalue weighted by atomic mass is 10.3. The van der Waals surface area contributed by atoms with Crippen LogP contribution in [0.4, 0.5) is 0 Å². The van der Waals surface area contributed by atoms with Crippen molar-refractivity contribution in [1.82, 2.24) is 20.2 Å². The van der Waals surface area contributed by atoms with E-state index < -0.39 is 0 Å². The van der Waals surface area contributed by atoms with E-state index in [4.69, 9.17) is 23.2 Å². The molecule has 2 heterocycles. The molecule has 0 atom stereocenters. The zero-order valence-electron chi connectivity index (χ0n) is 6.33. The minimum absolute atomic E-state index is 0.219. The van der Waals surface area contributed by atoms with Crippen molar-refractivity contribution in [1.29, 1.82) is 0 Å². The molecule has 0 saturated carbocycles. The van der Waals surface area contributed by atoms with E-state index in [0.29, 0.717) is 16.5 Å². The first-order valence-electron chi connectivity index (χ1n) is 3.46. The molecule has 6 heteroatoms. The molecule has 0 spiro atoms. The molecule has 1 N–H and O–H groups in total. The third-order valence-corrected chi connectivity index (χ3v) is 1.90. The molecule has 0 aliphatic heterocycles. The van der Waals surface area contributed by atoms with Crippen molar-refractivity contribution in [2.45, 2.75) is 0 Å². The smallest absolute Gasteiger partial charge is 0.218 e. The van der Waals surface area contributed by atoms with Crippen LogP contribution in [0.25, 0.3) is 11.5 Å².